The van der Waals surface area contributed by atoms with E-state index in [0.717, 1.165) is 29.9 Å². The predicted molar refractivity (Wildman–Crippen MR) is 320 cm³/mol. The van der Waals surface area contributed by atoms with Gasteiger partial charge in [0.05, 0.1) is 0 Å². The molecule has 0 saturated carbocycles. The van der Waals surface area contributed by atoms with E-state index < -0.39 is 0 Å². The van der Waals surface area contributed by atoms with Gasteiger partial charge in [-0.1, -0.05) is 158 Å². The summed E-state index contributed by atoms with van der Waals surface area (Å²) in [5, 5.41) is 0. The van der Waals surface area contributed by atoms with Gasteiger partial charge in [-0.2, -0.15) is 0 Å². The molecule has 0 spiro atoms. The fraction of sp³-hybridized carbons (Fsp3) is 0.400. The maximum absolute atomic E-state index is 2.76. The molecule has 0 bridgehead atoms. The lowest BCUT2D eigenvalue weighted by Gasteiger charge is -2.47. The Kier molecular flexibility index (Phi) is 10.4. The molecule has 7 aromatic rings. The minimum Gasteiger partial charge on any atom is -0.311 e. The molecule has 2 heterocycles. The Morgan fingerprint density at radius 2 is 0.892 bits per heavy atom. The van der Waals surface area contributed by atoms with Gasteiger partial charge in [-0.3, -0.25) is 0 Å². The van der Waals surface area contributed by atoms with Crippen molar-refractivity contribution in [3.05, 3.63) is 177 Å². The van der Waals surface area contributed by atoms with E-state index in [4.69, 9.17) is 0 Å². The predicted octanol–water partition coefficient (Wildman–Crippen LogP) is 17.4. The second-order valence-corrected chi connectivity index (χ2v) is 28.5. The van der Waals surface area contributed by atoms with Crippen LogP contribution in [-0.4, -0.2) is 6.71 Å². The number of hydrogen-bond donors (Lipinski definition) is 0. The lowest BCUT2D eigenvalue weighted by molar-refractivity contribution is 0.330. The van der Waals surface area contributed by atoms with Gasteiger partial charge in [0.25, 0.3) is 6.71 Å². The molecule has 0 unspecified atom stereocenters. The molecule has 0 amide bonds. The van der Waals surface area contributed by atoms with Crippen molar-refractivity contribution in [3.8, 4) is 0 Å². The molecular weight excluding hydrogens is 894 g/mol. The minimum absolute atomic E-state index is 0.0145. The summed E-state index contributed by atoms with van der Waals surface area (Å²) in [5.74, 6) is 0. The van der Waals surface area contributed by atoms with E-state index >= 15 is 0 Å². The third kappa shape index (κ3) is 7.19. The van der Waals surface area contributed by atoms with E-state index in [1.165, 1.54) is 113 Å². The van der Waals surface area contributed by atoms with Crippen LogP contribution in [0, 0.1) is 13.8 Å². The largest absolute Gasteiger partial charge is 0.311 e. The molecule has 378 valence electrons. The van der Waals surface area contributed by atoms with Gasteiger partial charge in [0.15, 0.2) is 0 Å². The van der Waals surface area contributed by atoms with Crippen LogP contribution < -0.4 is 31.1 Å². The van der Waals surface area contributed by atoms with E-state index in [2.05, 4.69) is 260 Å². The molecule has 0 aromatic heterocycles. The summed E-state index contributed by atoms with van der Waals surface area (Å²) in [4.78, 5) is 7.94. The average molecular weight is 974 g/mol. The number of nitrogens with zero attached hydrogens (tertiary/aromatic N) is 3. The van der Waals surface area contributed by atoms with Crippen molar-refractivity contribution in [1.82, 2.24) is 0 Å². The van der Waals surface area contributed by atoms with Gasteiger partial charge in [-0.15, -0.1) is 0 Å². The molecule has 3 nitrogen and oxygen atoms in total. The van der Waals surface area contributed by atoms with Gasteiger partial charge in [0.2, 0.25) is 0 Å². The van der Waals surface area contributed by atoms with Crippen molar-refractivity contribution in [2.24, 2.45) is 0 Å². The average Bonchev–Trinajstić information content (AvgIpc) is 3.63. The third-order valence-electron chi connectivity index (χ3n) is 19.1. The van der Waals surface area contributed by atoms with Crippen molar-refractivity contribution < 1.29 is 0 Å². The van der Waals surface area contributed by atoms with Crippen LogP contribution in [-0.2, 0) is 37.9 Å². The molecule has 0 radical (unpaired) electrons. The number of aryl methyl sites for hydroxylation is 1. The monoisotopic (exact) mass is 974 g/mol. The molecule has 0 atom stereocenters. The number of rotatable bonds is 5. The fourth-order valence-corrected chi connectivity index (χ4v) is 15.8. The topological polar surface area (TPSA) is 9.72 Å². The van der Waals surface area contributed by atoms with Crippen LogP contribution >= 0.6 is 0 Å². The summed E-state index contributed by atoms with van der Waals surface area (Å²) in [6.45, 7) is 41.7. The van der Waals surface area contributed by atoms with Gasteiger partial charge in [0.1, 0.15) is 0 Å². The number of benzene rings is 7. The van der Waals surface area contributed by atoms with Crippen LogP contribution in [0.15, 0.2) is 127 Å². The second kappa shape index (κ2) is 15.8. The Morgan fingerprint density at radius 3 is 1.45 bits per heavy atom. The molecule has 12 rings (SSSR count). The van der Waals surface area contributed by atoms with Gasteiger partial charge < -0.3 is 14.7 Å². The highest BCUT2D eigenvalue weighted by molar-refractivity contribution is 7.00. The molecule has 4 heteroatoms. The standard InChI is InChI=1S/C70H80BN3/c1-43-34-50-52(69(14,15)41-67(50,10)11)39-58(43)74-59-40-53-51(68(12,13)42-70(53,16)17)38-55(59)71-54-37-48(72(46-24-20-18-21-25-46)47-26-22-19-23-27-47)28-30-57(54)73(60-35-45(64(3,4)5)36-61(74)63(60)71)56-31-29-49-62(44(56)2)66(8,9)33-32-65(49,6)7/h18-31,34-40H,32-33,41-42H2,1-17H3. The summed E-state index contributed by atoms with van der Waals surface area (Å²) in [7, 11) is 0. The number of hydrogen-bond acceptors (Lipinski definition) is 3. The van der Waals surface area contributed by atoms with E-state index in [0.29, 0.717) is 0 Å². The Hall–Kier alpha value is -6.00. The van der Waals surface area contributed by atoms with Crippen LogP contribution in [0.5, 0.6) is 0 Å². The van der Waals surface area contributed by atoms with Crippen LogP contribution in [0.25, 0.3) is 0 Å². The van der Waals surface area contributed by atoms with Crippen LogP contribution in [0.2, 0.25) is 0 Å². The van der Waals surface area contributed by atoms with E-state index in [1.54, 1.807) is 0 Å². The molecule has 0 fully saturated rings. The zero-order valence-corrected chi connectivity index (χ0v) is 47.9. The third-order valence-corrected chi connectivity index (χ3v) is 19.1. The van der Waals surface area contributed by atoms with E-state index in [9.17, 15) is 0 Å². The maximum Gasteiger partial charge on any atom is 0.252 e. The first kappa shape index (κ1) is 48.9. The van der Waals surface area contributed by atoms with Gasteiger partial charge in [-0.25, -0.2) is 0 Å². The second-order valence-electron chi connectivity index (χ2n) is 28.5. The first-order valence-corrected chi connectivity index (χ1v) is 27.9. The van der Waals surface area contributed by atoms with Crippen LogP contribution in [0.1, 0.15) is 180 Å². The summed E-state index contributed by atoms with van der Waals surface area (Å²) in [5.41, 5.74) is 28.6. The van der Waals surface area contributed by atoms with Gasteiger partial charge in [0, 0.05) is 51.2 Å². The lowest BCUT2D eigenvalue weighted by Crippen LogP contribution is -2.62. The Labute approximate surface area is 445 Å². The summed E-state index contributed by atoms with van der Waals surface area (Å²) >= 11 is 0. The van der Waals surface area contributed by atoms with Crippen LogP contribution in [0.3, 0.4) is 0 Å². The van der Waals surface area contributed by atoms with Gasteiger partial charge in [-0.05, 0) is 217 Å². The Morgan fingerprint density at radius 1 is 0.419 bits per heavy atom. The summed E-state index contributed by atoms with van der Waals surface area (Å²) in [6.07, 6.45) is 4.60. The number of para-hydroxylation sites is 2. The van der Waals surface area contributed by atoms with E-state index in [-0.39, 0.29) is 44.6 Å². The molecule has 0 saturated heterocycles. The molecule has 5 aliphatic rings. The lowest BCUT2D eigenvalue weighted by atomic mass is 9.33. The molecule has 3 aliphatic carbocycles. The first-order valence-electron chi connectivity index (χ1n) is 27.9. The fourth-order valence-electron chi connectivity index (χ4n) is 15.8. The number of anilines is 9. The maximum atomic E-state index is 2.76. The first-order chi connectivity index (χ1) is 34.6. The SMILES string of the molecule is Cc1cc2c(cc1N1c3cc4c(cc3B3c5cc(N(c6ccccc6)c6ccccc6)ccc5N(c5ccc6c(c5C)C(C)(C)CCC6(C)C)c5cc(C(C)(C)C)cc1c53)C(C)(C)CC4(C)C)C(C)(C)CC2(C)C. The number of fused-ring (bicyclic) bond motifs is 7. The Balaban J connectivity index is 1.23. The summed E-state index contributed by atoms with van der Waals surface area (Å²) in [6, 6.07) is 50.2. The van der Waals surface area contributed by atoms with Crippen molar-refractivity contribution in [3.63, 3.8) is 0 Å². The zero-order chi connectivity index (χ0) is 52.6. The molecule has 2 aliphatic heterocycles. The zero-order valence-electron chi connectivity index (χ0n) is 47.9. The summed E-state index contributed by atoms with van der Waals surface area (Å²) < 4.78 is 0. The molecular formula is C70H80BN3. The molecule has 7 aromatic carbocycles. The highest BCUT2D eigenvalue weighted by atomic mass is 15.2. The van der Waals surface area contributed by atoms with Crippen molar-refractivity contribution in [2.45, 2.75) is 181 Å². The van der Waals surface area contributed by atoms with E-state index in [1.807, 2.05) is 0 Å². The van der Waals surface area contributed by atoms with Gasteiger partial charge >= 0.3 is 0 Å². The molecule has 74 heavy (non-hydrogen) atoms. The Bertz CT molecular complexity index is 3430. The molecule has 0 N–H and O–H groups in total. The smallest absolute Gasteiger partial charge is 0.252 e. The quantitative estimate of drug-likeness (QED) is 0.159. The van der Waals surface area contributed by atoms with Crippen molar-refractivity contribution in [2.75, 3.05) is 14.7 Å². The van der Waals surface area contributed by atoms with Crippen molar-refractivity contribution >= 4 is 74.3 Å². The highest BCUT2D eigenvalue weighted by Gasteiger charge is 2.50. The minimum atomic E-state index is -0.130. The normalized spacial score (nSPS) is 19.5. The highest BCUT2D eigenvalue weighted by Crippen LogP contribution is 2.57. The van der Waals surface area contributed by atoms with Crippen molar-refractivity contribution in [1.29, 1.82) is 0 Å². The van der Waals surface area contributed by atoms with Crippen LogP contribution in [0.4, 0.5) is 51.2 Å².